The molecule has 8 amide bonds. The van der Waals surface area contributed by atoms with E-state index >= 15 is 0 Å². The standard InChI is InChI=1S/C59H88IN15O16/c60-41-19-17-39(18-20-41)12-8-16-47(76)63-21-6-4-13-42(67-49(78)35-72-24-26-73(36-51(81)82)28-30-75(38-53(85)86)31-29-74(27-25-72)37-52(83)84)54(87)64-22-7-5-14-44-56(89)69-43(15-9-23-65-59(61)62)55(88)66-34-48(77)68-46(33-50(79)80)58(91)71-45(57(90)70-44)32-40-10-2-1-3-11-40/h1-3,10-11,17-20,42-46H,4-9,12-16,21-38H2,(H,63,76)(H,64,87)(H,66,88)(H,67,78)(H,68,77)(H,69,89)(H,70,90)(H,71,91)(H,79,80)(H,81,82)(H,83,84)(H,85,86)(H4,61,62,65)/t42-,43-,44-,45+,46-/m0/s1. The molecule has 2 saturated heterocycles. The monoisotopic (exact) mass is 1390 g/mol. The van der Waals surface area contributed by atoms with Crippen molar-refractivity contribution in [1.82, 2.24) is 62.1 Å². The molecule has 91 heavy (non-hydrogen) atoms. The van der Waals surface area contributed by atoms with Crippen LogP contribution in [-0.4, -0.2) is 252 Å². The molecule has 4 rings (SSSR count). The molecule has 2 aliphatic rings. The maximum absolute atomic E-state index is 14.3. The first-order valence-corrected chi connectivity index (χ1v) is 31.4. The van der Waals surface area contributed by atoms with Gasteiger partial charge in [0, 0.05) is 88.4 Å². The zero-order valence-electron chi connectivity index (χ0n) is 51.0. The first-order valence-electron chi connectivity index (χ1n) is 30.3. The quantitative estimate of drug-likeness (QED) is 0.0150. The number of carboxylic acids is 4. The average Bonchev–Trinajstić information content (AvgIpc) is 2.73. The summed E-state index contributed by atoms with van der Waals surface area (Å²) in [7, 11) is 0. The van der Waals surface area contributed by atoms with Crippen LogP contribution in [0.5, 0.6) is 0 Å². The van der Waals surface area contributed by atoms with Crippen molar-refractivity contribution < 1.29 is 78.0 Å². The van der Waals surface area contributed by atoms with Gasteiger partial charge in [-0.2, -0.15) is 0 Å². The molecule has 5 atom stereocenters. The first-order chi connectivity index (χ1) is 43.4. The van der Waals surface area contributed by atoms with E-state index in [2.05, 4.69) is 70.1 Å². The fourth-order valence-electron chi connectivity index (χ4n) is 10.0. The van der Waals surface area contributed by atoms with Gasteiger partial charge in [0.05, 0.1) is 39.1 Å². The van der Waals surface area contributed by atoms with Gasteiger partial charge in [0.1, 0.15) is 30.2 Å². The molecular formula is C59H88IN15O16. The van der Waals surface area contributed by atoms with Gasteiger partial charge in [0.2, 0.25) is 47.3 Å². The summed E-state index contributed by atoms with van der Waals surface area (Å²) in [4.78, 5) is 168. The molecule has 0 aliphatic carbocycles. The number of carbonyl (C=O) groups is 12. The van der Waals surface area contributed by atoms with E-state index in [1.54, 1.807) is 49.9 Å². The molecular weight excluding hydrogens is 1300 g/mol. The molecule has 0 bridgehead atoms. The van der Waals surface area contributed by atoms with Crippen LogP contribution in [0.25, 0.3) is 0 Å². The Morgan fingerprint density at radius 2 is 1.05 bits per heavy atom. The molecule has 0 aromatic heterocycles. The third kappa shape index (κ3) is 32.0. The normalized spacial score (nSPS) is 19.3. The lowest BCUT2D eigenvalue weighted by atomic mass is 10.0. The van der Waals surface area contributed by atoms with Crippen molar-refractivity contribution >= 4 is 99.7 Å². The summed E-state index contributed by atoms with van der Waals surface area (Å²) in [6.45, 7) is -0.516. The second-order valence-electron chi connectivity index (χ2n) is 22.3. The van der Waals surface area contributed by atoms with Crippen molar-refractivity contribution in [3.8, 4) is 0 Å². The summed E-state index contributed by atoms with van der Waals surface area (Å²) in [5.41, 5.74) is 12.7. The highest BCUT2D eigenvalue weighted by Crippen LogP contribution is 2.13. The minimum atomic E-state index is -1.68. The van der Waals surface area contributed by atoms with Crippen LogP contribution >= 0.6 is 22.6 Å². The lowest BCUT2D eigenvalue weighted by Crippen LogP contribution is -2.58. The van der Waals surface area contributed by atoms with Gasteiger partial charge in [0.15, 0.2) is 5.96 Å². The van der Waals surface area contributed by atoms with Crippen molar-refractivity contribution in [2.45, 2.75) is 114 Å². The topological polar surface area (TPSA) is 459 Å². The zero-order chi connectivity index (χ0) is 66.7. The van der Waals surface area contributed by atoms with Gasteiger partial charge < -0.3 is 74.4 Å². The highest BCUT2D eigenvalue weighted by Gasteiger charge is 2.34. The van der Waals surface area contributed by atoms with Gasteiger partial charge in [-0.15, -0.1) is 0 Å². The Morgan fingerprint density at radius 1 is 0.549 bits per heavy atom. The van der Waals surface area contributed by atoms with E-state index in [1.807, 2.05) is 24.3 Å². The molecule has 0 radical (unpaired) electrons. The third-order valence-electron chi connectivity index (χ3n) is 14.8. The Morgan fingerprint density at radius 3 is 1.62 bits per heavy atom. The molecule has 2 heterocycles. The lowest BCUT2D eigenvalue weighted by molar-refractivity contribution is -0.141. The molecule has 0 spiro atoms. The molecule has 16 N–H and O–H groups in total. The number of aryl methyl sites for hydroxylation is 1. The van der Waals surface area contributed by atoms with E-state index in [9.17, 15) is 78.0 Å². The summed E-state index contributed by atoms with van der Waals surface area (Å²) in [5, 5.41) is 59.8. The number of rotatable bonds is 32. The molecule has 502 valence electrons. The van der Waals surface area contributed by atoms with Gasteiger partial charge in [-0.1, -0.05) is 42.5 Å². The molecule has 2 aromatic carbocycles. The molecule has 31 nitrogen and oxygen atoms in total. The number of nitrogens with two attached hydrogens (primary N) is 2. The number of unbranched alkanes of at least 4 members (excludes halogenated alkanes) is 2. The van der Waals surface area contributed by atoms with E-state index in [-0.39, 0.29) is 148 Å². The number of aliphatic carboxylic acids is 4. The lowest BCUT2D eigenvalue weighted by Gasteiger charge is -2.33. The van der Waals surface area contributed by atoms with Crippen molar-refractivity contribution in [3.63, 3.8) is 0 Å². The molecule has 0 saturated carbocycles. The predicted octanol–water partition coefficient (Wildman–Crippen LogP) is -3.01. The maximum atomic E-state index is 14.3. The number of amides is 8. The molecule has 2 aromatic rings. The van der Waals surface area contributed by atoms with Crippen LogP contribution in [0.4, 0.5) is 0 Å². The Kier molecular flexibility index (Phi) is 34.2. The summed E-state index contributed by atoms with van der Waals surface area (Å²) < 4.78 is 1.10. The zero-order valence-corrected chi connectivity index (χ0v) is 53.2. The summed E-state index contributed by atoms with van der Waals surface area (Å²) in [5.74, 6) is -10.8. The molecule has 2 fully saturated rings. The van der Waals surface area contributed by atoms with E-state index in [4.69, 9.17) is 11.5 Å². The second kappa shape index (κ2) is 41.3. The number of benzene rings is 2. The number of nitrogens with zero attached hydrogens (tertiary/aromatic N) is 5. The highest BCUT2D eigenvalue weighted by atomic mass is 127. The molecule has 32 heteroatoms. The van der Waals surface area contributed by atoms with Crippen molar-refractivity contribution in [2.75, 3.05) is 105 Å². The fraction of sp³-hybridized carbons (Fsp3) is 0.576. The SMILES string of the molecule is NC(N)=NCCC[C@@H]1NC(=O)[C@H](CCCCNC(=O)[C@H](CCCCNC(=O)CCCc2ccc(I)cc2)NC(=O)CN2CCN(CC(=O)O)CCN(CC(=O)O)CCN(CC(=O)O)CC2)NC(=O)[C@@H](Cc2ccccc2)NC(=O)[C@H](CC(=O)O)NC(=O)CNC1=O. The number of guanidine groups is 1. The Labute approximate surface area is 541 Å². The number of hydrogen-bond acceptors (Lipinski definition) is 17. The van der Waals surface area contributed by atoms with Gasteiger partial charge >= 0.3 is 23.9 Å². The van der Waals surface area contributed by atoms with E-state index in [1.165, 1.54) is 0 Å². The van der Waals surface area contributed by atoms with Crippen LogP contribution in [0, 0.1) is 3.57 Å². The van der Waals surface area contributed by atoms with Gasteiger partial charge in [-0.05, 0) is 110 Å². The third-order valence-corrected chi connectivity index (χ3v) is 15.6. The van der Waals surface area contributed by atoms with Gasteiger partial charge in [0.25, 0.3) is 0 Å². The van der Waals surface area contributed by atoms with Gasteiger partial charge in [-0.25, -0.2) is 0 Å². The van der Waals surface area contributed by atoms with Crippen LogP contribution in [0.3, 0.4) is 0 Å². The van der Waals surface area contributed by atoms with Crippen molar-refractivity contribution in [3.05, 3.63) is 69.3 Å². The summed E-state index contributed by atoms with van der Waals surface area (Å²) >= 11 is 2.22. The number of nitrogens with one attached hydrogen (secondary N) is 8. The molecule has 0 unspecified atom stereocenters. The van der Waals surface area contributed by atoms with Crippen LogP contribution in [0.2, 0.25) is 0 Å². The Hall–Kier alpha value is -8.08. The summed E-state index contributed by atoms with van der Waals surface area (Å²) in [6, 6.07) is 9.61. The molecule has 2 aliphatic heterocycles. The minimum absolute atomic E-state index is 0.00485. The van der Waals surface area contributed by atoms with Crippen LogP contribution in [0.1, 0.15) is 81.8 Å². The van der Waals surface area contributed by atoms with Crippen molar-refractivity contribution in [2.24, 2.45) is 16.5 Å². The summed E-state index contributed by atoms with van der Waals surface area (Å²) in [6.07, 6.45) is 1.97. The second-order valence-corrected chi connectivity index (χ2v) is 23.5. The Bertz CT molecular complexity index is 2750. The van der Waals surface area contributed by atoms with Crippen molar-refractivity contribution in [1.29, 1.82) is 0 Å². The van der Waals surface area contributed by atoms with Crippen LogP contribution in [-0.2, 0) is 70.4 Å². The largest absolute Gasteiger partial charge is 0.481 e. The fourth-order valence-corrected chi connectivity index (χ4v) is 10.4. The van der Waals surface area contributed by atoms with E-state index in [0.29, 0.717) is 37.8 Å². The minimum Gasteiger partial charge on any atom is -0.481 e. The van der Waals surface area contributed by atoms with E-state index < -0.39 is 108 Å². The predicted molar refractivity (Wildman–Crippen MR) is 339 cm³/mol. The Balaban J connectivity index is 1.53. The first kappa shape index (κ1) is 75.4. The van der Waals surface area contributed by atoms with E-state index in [0.717, 1.165) is 15.6 Å². The number of hydrogen-bond donors (Lipinski definition) is 14. The number of aliphatic imine (C=N–C) groups is 1. The smallest absolute Gasteiger partial charge is 0.317 e. The van der Waals surface area contributed by atoms with Crippen LogP contribution in [0.15, 0.2) is 59.6 Å². The van der Waals surface area contributed by atoms with Gasteiger partial charge in [-0.3, -0.25) is 82.1 Å². The number of carbonyl (C=O) groups excluding carboxylic acids is 8. The number of halogens is 1. The number of carboxylic acid groups (broad SMARTS) is 4. The maximum Gasteiger partial charge on any atom is 0.317 e. The van der Waals surface area contributed by atoms with Crippen LogP contribution < -0.4 is 54.0 Å². The highest BCUT2D eigenvalue weighted by molar-refractivity contribution is 14.1. The average molecular weight is 1390 g/mol.